The van der Waals surface area contributed by atoms with Gasteiger partial charge in [-0.3, -0.25) is 9.69 Å². The van der Waals surface area contributed by atoms with Gasteiger partial charge in [0.1, 0.15) is 13.1 Å². The Hall–Kier alpha value is -2.29. The fourth-order valence-corrected chi connectivity index (χ4v) is 3.64. The monoisotopic (exact) mass is 376 g/mol. The highest BCUT2D eigenvalue weighted by Gasteiger charge is 2.27. The highest BCUT2D eigenvalue weighted by Crippen LogP contribution is 2.23. The van der Waals surface area contributed by atoms with Gasteiger partial charge in [0.15, 0.2) is 5.82 Å². The molecule has 26 heavy (non-hydrogen) atoms. The Morgan fingerprint density at radius 3 is 2.54 bits per heavy atom. The van der Waals surface area contributed by atoms with Crippen LogP contribution in [0.15, 0.2) is 29.6 Å². The van der Waals surface area contributed by atoms with Crippen LogP contribution in [0.1, 0.15) is 26.6 Å². The number of piperazine rings is 1. The molecule has 1 saturated heterocycles. The number of nitrogens with one attached hydrogen (secondary N) is 1. The number of nitrogens with zero attached hydrogens (tertiary/aromatic N) is 5. The predicted octanol–water partition coefficient (Wildman–Crippen LogP) is 0.544. The normalized spacial score (nSPS) is 15.3. The van der Waals surface area contributed by atoms with E-state index in [1.807, 2.05) is 50.1 Å². The Labute approximate surface area is 157 Å². The minimum atomic E-state index is -0.185. The third kappa shape index (κ3) is 4.09. The predicted molar refractivity (Wildman–Crippen MR) is 101 cm³/mol. The Bertz CT molecular complexity index is 748. The minimum absolute atomic E-state index is 0.104. The molecule has 0 spiro atoms. The smallest absolute Gasteiger partial charge is 0.274 e. The SMILES string of the molecule is CC(C)(C)c1nnc(SCC(=O)N2CCN(c3cccc[nH+]3)CC2)n1N. The van der Waals surface area contributed by atoms with Crippen molar-refractivity contribution in [1.82, 2.24) is 19.8 Å². The maximum absolute atomic E-state index is 12.5. The van der Waals surface area contributed by atoms with Crippen LogP contribution < -0.4 is 15.7 Å². The molecule has 0 aliphatic carbocycles. The minimum Gasteiger partial charge on any atom is -0.336 e. The van der Waals surface area contributed by atoms with Crippen LogP contribution in [0.4, 0.5) is 5.82 Å². The summed E-state index contributed by atoms with van der Waals surface area (Å²) in [4.78, 5) is 19.9. The maximum Gasteiger partial charge on any atom is 0.274 e. The van der Waals surface area contributed by atoms with E-state index < -0.39 is 0 Å². The molecular formula is C17H26N7OS+. The summed E-state index contributed by atoms with van der Waals surface area (Å²) in [6.45, 7) is 9.16. The van der Waals surface area contributed by atoms with Crippen LogP contribution in [-0.2, 0) is 10.2 Å². The van der Waals surface area contributed by atoms with E-state index >= 15 is 0 Å². The lowest BCUT2D eigenvalue weighted by molar-refractivity contribution is -0.364. The fraction of sp³-hybridized carbons (Fsp3) is 0.529. The van der Waals surface area contributed by atoms with E-state index in [1.54, 1.807) is 0 Å². The standard InChI is InChI=1S/C17H25N7OS/c1-17(2,3)15-20-21-16(24(15)18)26-12-14(25)23-10-8-22(9-11-23)13-6-4-5-7-19-13/h4-7H,8-12,18H2,1-3H3/p+1. The number of anilines is 1. The molecule has 3 N–H and O–H groups in total. The van der Waals surface area contributed by atoms with Crippen LogP contribution in [0.25, 0.3) is 0 Å². The number of nitrogen functional groups attached to an aromatic ring is 1. The number of nitrogens with two attached hydrogens (primary N) is 1. The van der Waals surface area contributed by atoms with Gasteiger partial charge in [0.2, 0.25) is 11.1 Å². The van der Waals surface area contributed by atoms with Gasteiger partial charge in [0.05, 0.1) is 25.0 Å². The second-order valence-electron chi connectivity index (χ2n) is 7.33. The summed E-state index contributed by atoms with van der Waals surface area (Å²) in [6, 6.07) is 6.02. The summed E-state index contributed by atoms with van der Waals surface area (Å²) >= 11 is 1.34. The second-order valence-corrected chi connectivity index (χ2v) is 8.27. The van der Waals surface area contributed by atoms with E-state index in [2.05, 4.69) is 20.1 Å². The van der Waals surface area contributed by atoms with Crippen LogP contribution in [0.2, 0.25) is 0 Å². The van der Waals surface area contributed by atoms with Gasteiger partial charge in [-0.1, -0.05) is 38.6 Å². The molecule has 0 saturated carbocycles. The van der Waals surface area contributed by atoms with E-state index in [4.69, 9.17) is 5.84 Å². The van der Waals surface area contributed by atoms with Gasteiger partial charge in [-0.25, -0.2) is 9.66 Å². The van der Waals surface area contributed by atoms with E-state index in [1.165, 1.54) is 16.4 Å². The Kier molecular flexibility index (Phi) is 5.36. The molecule has 9 heteroatoms. The summed E-state index contributed by atoms with van der Waals surface area (Å²) in [5.41, 5.74) is -0.185. The summed E-state index contributed by atoms with van der Waals surface area (Å²) < 4.78 is 1.49. The molecule has 3 rings (SSSR count). The van der Waals surface area contributed by atoms with Gasteiger partial charge in [0.25, 0.3) is 5.82 Å². The molecular weight excluding hydrogens is 350 g/mol. The highest BCUT2D eigenvalue weighted by molar-refractivity contribution is 7.99. The Morgan fingerprint density at radius 2 is 1.96 bits per heavy atom. The zero-order valence-corrected chi connectivity index (χ0v) is 16.3. The molecule has 0 atom stereocenters. The first-order valence-corrected chi connectivity index (χ1v) is 9.68. The van der Waals surface area contributed by atoms with Crippen molar-refractivity contribution < 1.29 is 9.78 Å². The van der Waals surface area contributed by atoms with E-state index in [0.717, 1.165) is 18.9 Å². The zero-order chi connectivity index (χ0) is 18.7. The van der Waals surface area contributed by atoms with Crippen molar-refractivity contribution in [3.63, 3.8) is 0 Å². The summed E-state index contributed by atoms with van der Waals surface area (Å²) in [5, 5.41) is 8.84. The number of H-pyrrole nitrogens is 1. The van der Waals surface area contributed by atoms with E-state index in [0.29, 0.717) is 29.8 Å². The molecule has 1 amide bonds. The molecule has 1 aliphatic heterocycles. The quantitative estimate of drug-likeness (QED) is 0.618. The fourth-order valence-electron chi connectivity index (χ4n) is 2.88. The third-order valence-electron chi connectivity index (χ3n) is 4.33. The maximum atomic E-state index is 12.5. The van der Waals surface area contributed by atoms with Crippen molar-refractivity contribution in [1.29, 1.82) is 0 Å². The summed E-state index contributed by atoms with van der Waals surface area (Å²) in [6.07, 6.45) is 1.91. The van der Waals surface area contributed by atoms with Crippen molar-refractivity contribution in [2.24, 2.45) is 0 Å². The van der Waals surface area contributed by atoms with Crippen molar-refractivity contribution in [2.45, 2.75) is 31.3 Å². The number of aromatic nitrogens is 4. The van der Waals surface area contributed by atoms with Crippen molar-refractivity contribution >= 4 is 23.5 Å². The van der Waals surface area contributed by atoms with Gasteiger partial charge >= 0.3 is 0 Å². The number of hydrogen-bond donors (Lipinski definition) is 1. The van der Waals surface area contributed by atoms with Crippen LogP contribution in [0, 0.1) is 0 Å². The van der Waals surface area contributed by atoms with E-state index in [9.17, 15) is 4.79 Å². The lowest BCUT2D eigenvalue weighted by Gasteiger charge is -2.30. The molecule has 3 heterocycles. The molecule has 8 nitrogen and oxygen atoms in total. The average molecular weight is 377 g/mol. The van der Waals surface area contributed by atoms with Gasteiger partial charge in [-0.15, -0.1) is 10.2 Å². The van der Waals surface area contributed by atoms with Crippen LogP contribution >= 0.6 is 11.8 Å². The number of carbonyl (C=O) groups is 1. The first kappa shape index (κ1) is 18.5. The molecule has 0 radical (unpaired) electrons. The number of aromatic amines is 1. The number of hydrogen-bond acceptors (Lipinski definition) is 6. The summed E-state index contributed by atoms with van der Waals surface area (Å²) in [5.74, 6) is 8.28. The van der Waals surface area contributed by atoms with Gasteiger partial charge < -0.3 is 10.7 Å². The molecule has 140 valence electrons. The Morgan fingerprint density at radius 1 is 1.23 bits per heavy atom. The van der Waals surface area contributed by atoms with Crippen molar-refractivity contribution in [3.8, 4) is 0 Å². The number of carbonyl (C=O) groups excluding carboxylic acids is 1. The first-order chi connectivity index (χ1) is 12.4. The largest absolute Gasteiger partial charge is 0.336 e. The average Bonchev–Trinajstić information content (AvgIpc) is 3.01. The van der Waals surface area contributed by atoms with Crippen LogP contribution in [0.5, 0.6) is 0 Å². The molecule has 2 aromatic rings. The topological polar surface area (TPSA) is 94.4 Å². The van der Waals surface area contributed by atoms with Crippen LogP contribution in [0.3, 0.4) is 0 Å². The lowest BCUT2D eigenvalue weighted by atomic mass is 9.96. The van der Waals surface area contributed by atoms with Crippen molar-refractivity contribution in [2.75, 3.05) is 42.7 Å². The molecule has 0 aromatic carbocycles. The second kappa shape index (κ2) is 7.53. The van der Waals surface area contributed by atoms with E-state index in [-0.39, 0.29) is 11.3 Å². The molecule has 1 aliphatic rings. The number of amides is 1. The van der Waals surface area contributed by atoms with Crippen molar-refractivity contribution in [3.05, 3.63) is 30.2 Å². The number of thioether (sulfide) groups is 1. The zero-order valence-electron chi connectivity index (χ0n) is 15.5. The lowest BCUT2D eigenvalue weighted by Crippen LogP contribution is -2.50. The van der Waals surface area contributed by atoms with Crippen LogP contribution in [-0.4, -0.2) is 57.6 Å². The van der Waals surface area contributed by atoms with Gasteiger partial charge in [-0.05, 0) is 6.07 Å². The highest BCUT2D eigenvalue weighted by atomic mass is 32.2. The first-order valence-electron chi connectivity index (χ1n) is 8.69. The molecule has 2 aromatic heterocycles. The molecule has 1 fully saturated rings. The summed E-state index contributed by atoms with van der Waals surface area (Å²) in [7, 11) is 0. The van der Waals surface area contributed by atoms with Gasteiger partial charge in [0, 0.05) is 11.5 Å². The third-order valence-corrected chi connectivity index (χ3v) is 5.25. The number of rotatable bonds is 4. The van der Waals surface area contributed by atoms with Gasteiger partial charge in [-0.2, -0.15) is 0 Å². The Balaban J connectivity index is 1.52. The number of pyridine rings is 1. The molecule has 0 bridgehead atoms. The molecule has 0 unspecified atom stereocenters.